The Labute approximate surface area is 148 Å². The standard InChI is InChI=1S/C23H9N3/c24-10-13-7-8-20-21-15(12-26)9-14(11-25)17-4-2-6-19(23(17)21)18-5-1-3-16(13)22(18)20/h1-9H. The molecule has 0 fully saturated rings. The van der Waals surface area contributed by atoms with E-state index in [0.717, 1.165) is 43.1 Å². The number of benzene rings is 5. The second kappa shape index (κ2) is 4.93. The number of nitriles is 3. The summed E-state index contributed by atoms with van der Waals surface area (Å²) in [6, 6.07) is 23.9. The Morgan fingerprint density at radius 3 is 1.69 bits per heavy atom. The molecule has 3 heteroatoms. The van der Waals surface area contributed by atoms with Crippen molar-refractivity contribution in [3.8, 4) is 18.2 Å². The third kappa shape index (κ3) is 1.58. The van der Waals surface area contributed by atoms with Gasteiger partial charge < -0.3 is 0 Å². The van der Waals surface area contributed by atoms with Gasteiger partial charge in [0.15, 0.2) is 0 Å². The summed E-state index contributed by atoms with van der Waals surface area (Å²) >= 11 is 0. The average Bonchev–Trinajstić information content (AvgIpc) is 2.70. The monoisotopic (exact) mass is 327 g/mol. The molecule has 0 aliphatic heterocycles. The molecule has 5 rings (SSSR count). The molecule has 0 N–H and O–H groups in total. The van der Waals surface area contributed by atoms with Crippen LogP contribution in [-0.4, -0.2) is 0 Å². The minimum absolute atomic E-state index is 0.488. The van der Waals surface area contributed by atoms with Gasteiger partial charge in [-0.3, -0.25) is 0 Å². The minimum atomic E-state index is 0.488. The zero-order valence-electron chi connectivity index (χ0n) is 13.5. The topological polar surface area (TPSA) is 71.4 Å². The van der Waals surface area contributed by atoms with Crippen molar-refractivity contribution in [2.24, 2.45) is 0 Å². The van der Waals surface area contributed by atoms with Gasteiger partial charge in [-0.2, -0.15) is 15.8 Å². The van der Waals surface area contributed by atoms with Gasteiger partial charge in [0.05, 0.1) is 34.9 Å². The fourth-order valence-corrected chi connectivity index (χ4v) is 4.10. The largest absolute Gasteiger partial charge is 0.192 e. The van der Waals surface area contributed by atoms with Crippen molar-refractivity contribution in [3.05, 3.63) is 71.3 Å². The quantitative estimate of drug-likeness (QED) is 0.284. The predicted octanol–water partition coefficient (Wildman–Crippen LogP) is 5.35. The number of hydrogen-bond donors (Lipinski definition) is 0. The maximum absolute atomic E-state index is 9.74. The van der Waals surface area contributed by atoms with Crippen molar-refractivity contribution in [2.45, 2.75) is 0 Å². The molecule has 0 amide bonds. The van der Waals surface area contributed by atoms with Gasteiger partial charge in [0.2, 0.25) is 0 Å². The van der Waals surface area contributed by atoms with Crippen LogP contribution >= 0.6 is 0 Å². The van der Waals surface area contributed by atoms with Gasteiger partial charge in [-0.1, -0.05) is 42.5 Å². The van der Waals surface area contributed by atoms with E-state index in [1.54, 1.807) is 12.1 Å². The molecule has 3 nitrogen and oxygen atoms in total. The van der Waals surface area contributed by atoms with Crippen LogP contribution in [0.15, 0.2) is 54.6 Å². The van der Waals surface area contributed by atoms with E-state index in [-0.39, 0.29) is 0 Å². The van der Waals surface area contributed by atoms with Crippen LogP contribution in [0.1, 0.15) is 16.7 Å². The van der Waals surface area contributed by atoms with Gasteiger partial charge in [0.1, 0.15) is 0 Å². The lowest BCUT2D eigenvalue weighted by molar-refractivity contribution is 1.48. The zero-order valence-corrected chi connectivity index (χ0v) is 13.5. The maximum Gasteiger partial charge on any atom is 0.0998 e. The number of hydrogen-bond acceptors (Lipinski definition) is 3. The third-order valence-electron chi connectivity index (χ3n) is 5.12. The van der Waals surface area contributed by atoms with E-state index in [0.29, 0.717) is 16.7 Å². The second-order valence-electron chi connectivity index (χ2n) is 6.30. The molecule has 0 aromatic heterocycles. The molecule has 0 aliphatic carbocycles. The SMILES string of the molecule is N#Cc1ccc2c3c(C#N)cc(C#N)c4cccc(c5cccc1c52)c43. The molecule has 0 saturated carbocycles. The summed E-state index contributed by atoms with van der Waals surface area (Å²) in [5.74, 6) is 0. The molecule has 0 saturated heterocycles. The van der Waals surface area contributed by atoms with Crippen LogP contribution in [0.5, 0.6) is 0 Å². The molecular weight excluding hydrogens is 318 g/mol. The van der Waals surface area contributed by atoms with Crippen LogP contribution in [-0.2, 0) is 0 Å². The third-order valence-corrected chi connectivity index (χ3v) is 5.12. The molecule has 26 heavy (non-hydrogen) atoms. The van der Waals surface area contributed by atoms with Crippen molar-refractivity contribution in [3.63, 3.8) is 0 Å². The highest BCUT2D eigenvalue weighted by Gasteiger charge is 2.18. The Hall–Kier alpha value is -4.13. The van der Waals surface area contributed by atoms with E-state index in [9.17, 15) is 15.8 Å². The number of fused-ring (bicyclic) bond motifs is 2. The predicted molar refractivity (Wildman–Crippen MR) is 102 cm³/mol. The van der Waals surface area contributed by atoms with Gasteiger partial charge in [0.25, 0.3) is 0 Å². The summed E-state index contributed by atoms with van der Waals surface area (Å²) in [6.45, 7) is 0. The van der Waals surface area contributed by atoms with Crippen molar-refractivity contribution < 1.29 is 0 Å². The first kappa shape index (κ1) is 14.2. The van der Waals surface area contributed by atoms with Crippen molar-refractivity contribution in [2.75, 3.05) is 0 Å². The van der Waals surface area contributed by atoms with Crippen LogP contribution in [0.4, 0.5) is 0 Å². The molecule has 0 radical (unpaired) electrons. The average molecular weight is 327 g/mol. The number of rotatable bonds is 0. The highest BCUT2D eigenvalue weighted by atomic mass is 14.3. The van der Waals surface area contributed by atoms with Crippen LogP contribution in [0, 0.1) is 34.0 Å². The Morgan fingerprint density at radius 1 is 0.462 bits per heavy atom. The first-order chi connectivity index (χ1) is 12.8. The molecular formula is C23H9N3. The summed E-state index contributed by atoms with van der Waals surface area (Å²) in [5, 5.41) is 36.3. The van der Waals surface area contributed by atoms with E-state index in [1.807, 2.05) is 42.5 Å². The van der Waals surface area contributed by atoms with Crippen molar-refractivity contribution >= 4 is 43.1 Å². The van der Waals surface area contributed by atoms with Gasteiger partial charge in [0, 0.05) is 21.5 Å². The Balaban J connectivity index is 2.27. The maximum atomic E-state index is 9.74. The van der Waals surface area contributed by atoms with Gasteiger partial charge >= 0.3 is 0 Å². The molecule has 5 aromatic carbocycles. The van der Waals surface area contributed by atoms with E-state index < -0.39 is 0 Å². The van der Waals surface area contributed by atoms with Gasteiger partial charge in [-0.15, -0.1) is 0 Å². The molecule has 5 aromatic rings. The second-order valence-corrected chi connectivity index (χ2v) is 6.30. The van der Waals surface area contributed by atoms with E-state index in [2.05, 4.69) is 18.2 Å². The summed E-state index contributed by atoms with van der Waals surface area (Å²) in [7, 11) is 0. The molecule has 0 heterocycles. The van der Waals surface area contributed by atoms with Crippen LogP contribution in [0.3, 0.4) is 0 Å². The van der Waals surface area contributed by atoms with Crippen molar-refractivity contribution in [1.82, 2.24) is 0 Å². The van der Waals surface area contributed by atoms with E-state index >= 15 is 0 Å². The molecule has 116 valence electrons. The lowest BCUT2D eigenvalue weighted by Gasteiger charge is -2.16. The fourth-order valence-electron chi connectivity index (χ4n) is 4.10. The molecule has 0 spiro atoms. The first-order valence-corrected chi connectivity index (χ1v) is 8.15. The molecule has 0 aliphatic rings. The summed E-state index contributed by atoms with van der Waals surface area (Å²) < 4.78 is 0. The Bertz CT molecular complexity index is 1510. The number of nitrogens with zero attached hydrogens (tertiary/aromatic N) is 3. The van der Waals surface area contributed by atoms with Crippen LogP contribution in [0.25, 0.3) is 43.1 Å². The molecule has 0 unspecified atom stereocenters. The van der Waals surface area contributed by atoms with Crippen LogP contribution < -0.4 is 0 Å². The lowest BCUT2D eigenvalue weighted by atomic mass is 9.85. The van der Waals surface area contributed by atoms with Crippen molar-refractivity contribution in [1.29, 1.82) is 15.8 Å². The van der Waals surface area contributed by atoms with E-state index in [4.69, 9.17) is 0 Å². The molecule has 0 bridgehead atoms. The summed E-state index contributed by atoms with van der Waals surface area (Å²) in [5.41, 5.74) is 1.61. The van der Waals surface area contributed by atoms with Crippen LogP contribution in [0.2, 0.25) is 0 Å². The van der Waals surface area contributed by atoms with E-state index in [1.165, 1.54) is 0 Å². The highest BCUT2D eigenvalue weighted by Crippen LogP contribution is 2.42. The first-order valence-electron chi connectivity index (χ1n) is 8.15. The molecule has 0 atom stereocenters. The smallest absolute Gasteiger partial charge is 0.0998 e. The lowest BCUT2D eigenvalue weighted by Crippen LogP contribution is -1.93. The summed E-state index contributed by atoms with van der Waals surface area (Å²) in [4.78, 5) is 0. The zero-order chi connectivity index (χ0) is 17.8. The Kier molecular flexibility index (Phi) is 2.70. The Morgan fingerprint density at radius 2 is 1.04 bits per heavy atom. The normalized spacial score (nSPS) is 11.0. The highest BCUT2D eigenvalue weighted by molar-refractivity contribution is 6.34. The van der Waals surface area contributed by atoms with Gasteiger partial charge in [-0.05, 0) is 33.7 Å². The van der Waals surface area contributed by atoms with Gasteiger partial charge in [-0.25, -0.2) is 0 Å². The minimum Gasteiger partial charge on any atom is -0.192 e. The summed E-state index contributed by atoms with van der Waals surface area (Å²) in [6.07, 6.45) is 0. The fraction of sp³-hybridized carbons (Fsp3) is 0.